The summed E-state index contributed by atoms with van der Waals surface area (Å²) in [5.74, 6) is -0.615. The highest BCUT2D eigenvalue weighted by Crippen LogP contribution is 2.22. The van der Waals surface area contributed by atoms with Gasteiger partial charge in [0.15, 0.2) is 17.9 Å². The molecule has 1 amide bonds. The number of hydrogen-bond donors (Lipinski definition) is 1. The molecule has 0 heterocycles. The van der Waals surface area contributed by atoms with Gasteiger partial charge in [0.2, 0.25) is 0 Å². The lowest BCUT2D eigenvalue weighted by Gasteiger charge is -2.18. The molecule has 6 nitrogen and oxygen atoms in total. The Morgan fingerprint density at radius 2 is 1.94 bits per heavy atom. The molecule has 0 atom stereocenters. The van der Waals surface area contributed by atoms with Crippen molar-refractivity contribution in [1.29, 1.82) is 0 Å². The third kappa shape index (κ3) is 7.53. The summed E-state index contributed by atoms with van der Waals surface area (Å²) in [5, 5.41) is 3.14. The van der Waals surface area contributed by atoms with E-state index in [1.165, 1.54) is 18.3 Å². The Morgan fingerprint density at radius 1 is 1.26 bits per heavy atom. The van der Waals surface area contributed by atoms with Gasteiger partial charge in [-0.05, 0) is 50.6 Å². The number of nitrogens with zero attached hydrogens (tertiary/aromatic N) is 2. The Bertz CT molecular complexity index is 988. The smallest absolute Gasteiger partial charge is 0.260 e. The van der Waals surface area contributed by atoms with Crippen molar-refractivity contribution in [3.05, 3.63) is 70.6 Å². The summed E-state index contributed by atoms with van der Waals surface area (Å²) in [4.78, 5) is 29.8. The van der Waals surface area contributed by atoms with Crippen molar-refractivity contribution in [2.75, 3.05) is 12.4 Å². The Kier molecular flexibility index (Phi) is 8.75. The van der Waals surface area contributed by atoms with E-state index < -0.39 is 11.7 Å². The molecule has 8 heteroatoms. The van der Waals surface area contributed by atoms with Crippen LogP contribution >= 0.6 is 11.6 Å². The molecule has 2 aromatic carbocycles. The summed E-state index contributed by atoms with van der Waals surface area (Å²) in [6, 6.07) is 11.5. The van der Waals surface area contributed by atoms with Crippen LogP contribution in [0.4, 0.5) is 10.1 Å². The van der Waals surface area contributed by atoms with E-state index in [9.17, 15) is 14.0 Å². The lowest BCUT2D eigenvalue weighted by molar-refractivity contribution is -0.115. The topological polar surface area (TPSA) is 71.0 Å². The summed E-state index contributed by atoms with van der Waals surface area (Å²) in [6.07, 6.45) is 1.40. The molecule has 31 heavy (non-hydrogen) atoms. The van der Waals surface area contributed by atoms with Crippen molar-refractivity contribution in [2.24, 2.45) is 4.99 Å². The largest absolute Gasteiger partial charge is 0.488 e. The first-order chi connectivity index (χ1) is 14.7. The summed E-state index contributed by atoms with van der Waals surface area (Å²) < 4.78 is 19.4. The van der Waals surface area contributed by atoms with Gasteiger partial charge in [-0.15, -0.1) is 0 Å². The number of aliphatic imine (C=N–C) groups is 1. The normalized spacial score (nSPS) is 12.0. The van der Waals surface area contributed by atoms with Crippen LogP contribution in [0.25, 0.3) is 0 Å². The molecule has 2 rings (SSSR count). The molecule has 0 radical (unpaired) electrons. The molecule has 0 saturated heterocycles. The predicted molar refractivity (Wildman–Crippen MR) is 121 cm³/mol. The molecule has 0 aliphatic carbocycles. The first-order valence-corrected chi connectivity index (χ1v) is 10.00. The molecule has 0 aliphatic rings. The van der Waals surface area contributed by atoms with E-state index in [1.807, 2.05) is 24.1 Å². The van der Waals surface area contributed by atoms with Crippen LogP contribution in [0.3, 0.4) is 0 Å². The summed E-state index contributed by atoms with van der Waals surface area (Å²) in [6.45, 7) is 5.90. The van der Waals surface area contributed by atoms with Gasteiger partial charge in [-0.3, -0.25) is 9.59 Å². The molecule has 0 fully saturated rings. The van der Waals surface area contributed by atoms with Crippen LogP contribution in [0.15, 0.2) is 59.2 Å². The number of amides is 1. The van der Waals surface area contributed by atoms with Crippen molar-refractivity contribution >= 4 is 35.3 Å². The van der Waals surface area contributed by atoms with E-state index in [4.69, 9.17) is 16.3 Å². The van der Waals surface area contributed by atoms with E-state index in [-0.39, 0.29) is 23.1 Å². The van der Waals surface area contributed by atoms with Crippen LogP contribution in [-0.4, -0.2) is 36.1 Å². The molecule has 0 aliphatic heterocycles. The van der Waals surface area contributed by atoms with Gasteiger partial charge in [-0.2, -0.15) is 0 Å². The quantitative estimate of drug-likeness (QED) is 0.158. The van der Waals surface area contributed by atoms with E-state index in [0.29, 0.717) is 23.7 Å². The van der Waals surface area contributed by atoms with Gasteiger partial charge in [0, 0.05) is 36.6 Å². The number of rotatable bonds is 8. The SMILES string of the molecule is CC(=N/C=C(\C=O)C(=O)Nc1ccc(OC(C)C)c(F)c1)N(C)Cc1ccc(Cl)cc1. The zero-order valence-corrected chi connectivity index (χ0v) is 18.6. The minimum Gasteiger partial charge on any atom is -0.488 e. The number of hydrogen-bond acceptors (Lipinski definition) is 4. The highest BCUT2D eigenvalue weighted by Gasteiger charge is 2.12. The van der Waals surface area contributed by atoms with Crippen molar-refractivity contribution in [1.82, 2.24) is 4.90 Å². The minimum absolute atomic E-state index is 0.0862. The third-order valence-corrected chi connectivity index (χ3v) is 4.47. The van der Waals surface area contributed by atoms with Gasteiger partial charge in [0.1, 0.15) is 5.84 Å². The minimum atomic E-state index is -0.691. The summed E-state index contributed by atoms with van der Waals surface area (Å²) in [7, 11) is 1.84. The van der Waals surface area contributed by atoms with Crippen LogP contribution in [0.1, 0.15) is 26.3 Å². The summed E-state index contributed by atoms with van der Waals surface area (Å²) >= 11 is 5.89. The molecule has 1 N–H and O–H groups in total. The van der Waals surface area contributed by atoms with E-state index in [1.54, 1.807) is 32.9 Å². The van der Waals surface area contributed by atoms with Crippen LogP contribution in [0.5, 0.6) is 5.75 Å². The van der Waals surface area contributed by atoms with Gasteiger partial charge < -0.3 is 15.0 Å². The second kappa shape index (κ2) is 11.3. The maximum absolute atomic E-state index is 14.1. The van der Waals surface area contributed by atoms with Gasteiger partial charge in [-0.1, -0.05) is 23.7 Å². The second-order valence-electron chi connectivity index (χ2n) is 7.13. The van der Waals surface area contributed by atoms with Gasteiger partial charge in [0.05, 0.1) is 11.7 Å². The van der Waals surface area contributed by atoms with Gasteiger partial charge in [0.25, 0.3) is 5.91 Å². The fraction of sp³-hybridized carbons (Fsp3) is 0.261. The van der Waals surface area contributed by atoms with E-state index in [2.05, 4.69) is 10.3 Å². The standard InChI is InChI=1S/C23H25ClFN3O3/c1-15(2)31-22-10-9-20(11-21(22)25)27-23(30)18(14-29)12-26-16(3)28(4)13-17-5-7-19(24)8-6-17/h5-12,14-15H,13H2,1-4H3,(H,27,30)/b18-12+,26-16?. The third-order valence-electron chi connectivity index (χ3n) is 4.22. The van der Waals surface area contributed by atoms with Crippen molar-refractivity contribution < 1.29 is 18.7 Å². The molecule has 0 aromatic heterocycles. The molecular formula is C23H25ClFN3O3. The number of amidine groups is 1. The molecule has 2 aromatic rings. The lowest BCUT2D eigenvalue weighted by atomic mass is 10.2. The van der Waals surface area contributed by atoms with E-state index in [0.717, 1.165) is 11.6 Å². The van der Waals surface area contributed by atoms with E-state index >= 15 is 0 Å². The Morgan fingerprint density at radius 3 is 2.52 bits per heavy atom. The highest BCUT2D eigenvalue weighted by molar-refractivity contribution is 6.30. The van der Waals surface area contributed by atoms with Crippen LogP contribution in [0, 0.1) is 5.82 Å². The molecule has 0 saturated carbocycles. The van der Waals surface area contributed by atoms with Gasteiger partial charge in [-0.25, -0.2) is 9.38 Å². The first kappa shape index (κ1) is 24.1. The highest BCUT2D eigenvalue weighted by atomic mass is 35.5. The number of ether oxygens (including phenoxy) is 1. The Balaban J connectivity index is 2.05. The first-order valence-electron chi connectivity index (χ1n) is 9.62. The van der Waals surface area contributed by atoms with Crippen molar-refractivity contribution in [3.63, 3.8) is 0 Å². The molecular weight excluding hydrogens is 421 g/mol. The predicted octanol–water partition coefficient (Wildman–Crippen LogP) is 4.84. The maximum atomic E-state index is 14.1. The van der Waals surface area contributed by atoms with Crippen molar-refractivity contribution in [2.45, 2.75) is 33.4 Å². The Hall–Kier alpha value is -3.19. The van der Waals surface area contributed by atoms with Gasteiger partial charge >= 0.3 is 0 Å². The van der Waals surface area contributed by atoms with Crippen LogP contribution < -0.4 is 10.1 Å². The van der Waals surface area contributed by atoms with Crippen molar-refractivity contribution in [3.8, 4) is 5.75 Å². The maximum Gasteiger partial charge on any atom is 0.260 e. The number of carbonyl (C=O) groups is 2. The number of aldehydes is 1. The molecule has 0 unspecified atom stereocenters. The lowest BCUT2D eigenvalue weighted by Crippen LogP contribution is -2.23. The average Bonchev–Trinajstić information content (AvgIpc) is 2.71. The zero-order valence-electron chi connectivity index (χ0n) is 17.9. The number of nitrogens with one attached hydrogen (secondary N) is 1. The molecule has 0 spiro atoms. The zero-order chi connectivity index (χ0) is 23.0. The fourth-order valence-corrected chi connectivity index (χ4v) is 2.64. The molecule has 0 bridgehead atoms. The van der Waals surface area contributed by atoms with Crippen LogP contribution in [-0.2, 0) is 16.1 Å². The van der Waals surface area contributed by atoms with Crippen LogP contribution in [0.2, 0.25) is 5.02 Å². The Labute approximate surface area is 186 Å². The average molecular weight is 446 g/mol. The monoisotopic (exact) mass is 445 g/mol. The number of benzene rings is 2. The second-order valence-corrected chi connectivity index (χ2v) is 7.56. The fourth-order valence-electron chi connectivity index (χ4n) is 2.51. The molecule has 164 valence electrons. The summed E-state index contributed by atoms with van der Waals surface area (Å²) in [5.41, 5.74) is 1.04. The number of halogens is 2. The number of carbonyl (C=O) groups excluding carboxylic acids is 2. The number of anilines is 1.